The van der Waals surface area contributed by atoms with E-state index in [0.717, 1.165) is 17.9 Å². The smallest absolute Gasteiger partial charge is 0.314 e. The van der Waals surface area contributed by atoms with Crippen molar-refractivity contribution in [3.8, 4) is 5.75 Å². The largest absolute Gasteiger partial charge is 0.488 e. The molecule has 2 amide bonds. The molecule has 2 N–H and O–H groups in total. The molecule has 3 rings (SSSR count). The number of para-hydroxylation sites is 1. The van der Waals surface area contributed by atoms with Crippen molar-refractivity contribution >= 4 is 6.03 Å². The first-order valence-electron chi connectivity index (χ1n) is 8.09. The minimum absolute atomic E-state index is 0.00210. The van der Waals surface area contributed by atoms with Gasteiger partial charge in [-0.05, 0) is 37.9 Å². The van der Waals surface area contributed by atoms with Gasteiger partial charge in [0.25, 0.3) is 0 Å². The van der Waals surface area contributed by atoms with Gasteiger partial charge in [-0.2, -0.15) is 0 Å². The lowest BCUT2D eigenvalue weighted by Gasteiger charge is -2.22. The van der Waals surface area contributed by atoms with E-state index in [2.05, 4.69) is 16.7 Å². The van der Waals surface area contributed by atoms with Crippen LogP contribution in [0.1, 0.15) is 17.4 Å². The van der Waals surface area contributed by atoms with E-state index in [9.17, 15) is 4.79 Å². The summed E-state index contributed by atoms with van der Waals surface area (Å²) in [6.45, 7) is 0.950. The number of ether oxygens (including phenoxy) is 1. The van der Waals surface area contributed by atoms with Gasteiger partial charge >= 0.3 is 6.03 Å². The molecule has 24 heavy (non-hydrogen) atoms. The van der Waals surface area contributed by atoms with Crippen LogP contribution in [0.15, 0.2) is 47.1 Å². The summed E-state index contributed by atoms with van der Waals surface area (Å²) in [5.74, 6) is 1.74. The fourth-order valence-electron chi connectivity index (χ4n) is 2.84. The van der Waals surface area contributed by atoms with E-state index in [4.69, 9.17) is 9.15 Å². The molecular weight excluding hydrogens is 306 g/mol. The van der Waals surface area contributed by atoms with Gasteiger partial charge in [-0.25, -0.2) is 4.79 Å². The Bertz CT molecular complexity index is 645. The third kappa shape index (κ3) is 3.89. The Morgan fingerprint density at radius 2 is 2.08 bits per heavy atom. The van der Waals surface area contributed by atoms with Crippen LogP contribution in [-0.2, 0) is 6.42 Å². The molecule has 0 bridgehead atoms. The highest BCUT2D eigenvalue weighted by atomic mass is 16.5. The number of carbonyl (C=O) groups excluding carboxylic acids is 1. The van der Waals surface area contributed by atoms with Crippen LogP contribution in [0.25, 0.3) is 0 Å². The number of nitrogens with zero attached hydrogens (tertiary/aromatic N) is 1. The highest BCUT2D eigenvalue weighted by Crippen LogP contribution is 2.27. The zero-order chi connectivity index (χ0) is 16.9. The van der Waals surface area contributed by atoms with Crippen LogP contribution < -0.4 is 15.4 Å². The van der Waals surface area contributed by atoms with Crippen LogP contribution in [0.5, 0.6) is 5.75 Å². The molecule has 0 spiro atoms. The number of hydrogen-bond acceptors (Lipinski definition) is 4. The third-order valence-electron chi connectivity index (χ3n) is 4.16. The van der Waals surface area contributed by atoms with Crippen molar-refractivity contribution in [2.45, 2.75) is 18.6 Å². The minimum atomic E-state index is -0.201. The second-order valence-corrected chi connectivity index (χ2v) is 6.14. The monoisotopic (exact) mass is 329 g/mol. The van der Waals surface area contributed by atoms with Crippen molar-refractivity contribution in [2.75, 3.05) is 27.2 Å². The molecule has 0 fully saturated rings. The standard InChI is InChI=1S/C18H23N3O3/c1-21(2)15(17-8-5-9-23-17)12-20-18(22)19-11-14-10-13-6-3-4-7-16(13)24-14/h3-9,14-15H,10-12H2,1-2H3,(H2,19,20,22)/t14-,15-/m0/s1. The van der Waals surface area contributed by atoms with Crippen molar-refractivity contribution in [1.82, 2.24) is 15.5 Å². The fourth-order valence-corrected chi connectivity index (χ4v) is 2.84. The summed E-state index contributed by atoms with van der Waals surface area (Å²) in [4.78, 5) is 14.1. The van der Waals surface area contributed by atoms with Gasteiger partial charge in [0.15, 0.2) is 0 Å². The molecular formula is C18H23N3O3. The van der Waals surface area contributed by atoms with Gasteiger partial charge in [-0.3, -0.25) is 4.90 Å². The summed E-state index contributed by atoms with van der Waals surface area (Å²) < 4.78 is 11.2. The topological polar surface area (TPSA) is 66.7 Å². The van der Waals surface area contributed by atoms with Crippen molar-refractivity contribution in [3.05, 3.63) is 54.0 Å². The van der Waals surface area contributed by atoms with Crippen molar-refractivity contribution in [2.24, 2.45) is 0 Å². The van der Waals surface area contributed by atoms with Gasteiger partial charge in [-0.1, -0.05) is 18.2 Å². The molecule has 6 heteroatoms. The quantitative estimate of drug-likeness (QED) is 0.852. The number of likely N-dealkylation sites (N-methyl/N-ethyl adjacent to an activating group) is 1. The van der Waals surface area contributed by atoms with Crippen LogP contribution in [0.2, 0.25) is 0 Å². The van der Waals surface area contributed by atoms with Crippen LogP contribution in [0.3, 0.4) is 0 Å². The molecule has 0 saturated heterocycles. The van der Waals surface area contributed by atoms with Crippen LogP contribution in [0.4, 0.5) is 4.79 Å². The maximum Gasteiger partial charge on any atom is 0.314 e. The Morgan fingerprint density at radius 3 is 2.79 bits per heavy atom. The van der Waals surface area contributed by atoms with Crippen LogP contribution in [-0.4, -0.2) is 44.2 Å². The maximum absolute atomic E-state index is 12.0. The van der Waals surface area contributed by atoms with E-state index in [1.807, 2.05) is 49.3 Å². The van der Waals surface area contributed by atoms with Gasteiger partial charge in [0.1, 0.15) is 17.6 Å². The number of amides is 2. The van der Waals surface area contributed by atoms with Crippen LogP contribution >= 0.6 is 0 Å². The van der Waals surface area contributed by atoms with E-state index in [0.29, 0.717) is 13.1 Å². The van der Waals surface area contributed by atoms with Gasteiger partial charge < -0.3 is 19.8 Å². The molecule has 1 aromatic carbocycles. The number of carbonyl (C=O) groups is 1. The van der Waals surface area contributed by atoms with E-state index in [1.165, 1.54) is 5.56 Å². The molecule has 2 atom stereocenters. The number of fused-ring (bicyclic) bond motifs is 1. The molecule has 2 heterocycles. The van der Waals surface area contributed by atoms with Crippen LogP contribution in [0, 0.1) is 0 Å². The highest BCUT2D eigenvalue weighted by molar-refractivity contribution is 5.73. The number of benzene rings is 1. The molecule has 1 aliphatic rings. The summed E-state index contributed by atoms with van der Waals surface area (Å²) in [5.41, 5.74) is 1.19. The summed E-state index contributed by atoms with van der Waals surface area (Å²) in [7, 11) is 3.91. The van der Waals surface area contributed by atoms with E-state index >= 15 is 0 Å². The van der Waals surface area contributed by atoms with E-state index in [-0.39, 0.29) is 18.2 Å². The molecule has 0 aliphatic carbocycles. The molecule has 1 aliphatic heterocycles. The van der Waals surface area contributed by atoms with Gasteiger partial charge in [0.05, 0.1) is 18.8 Å². The lowest BCUT2D eigenvalue weighted by molar-refractivity contribution is 0.208. The Hall–Kier alpha value is -2.47. The first-order valence-corrected chi connectivity index (χ1v) is 8.09. The summed E-state index contributed by atoms with van der Waals surface area (Å²) in [6, 6.07) is 11.5. The molecule has 2 aromatic rings. The predicted molar refractivity (Wildman–Crippen MR) is 91.1 cm³/mol. The van der Waals surface area contributed by atoms with Gasteiger partial charge in [0.2, 0.25) is 0 Å². The molecule has 6 nitrogen and oxygen atoms in total. The average molecular weight is 329 g/mol. The summed E-state index contributed by atoms with van der Waals surface area (Å²) in [6.07, 6.45) is 2.45. The second kappa shape index (κ2) is 7.40. The normalized spacial score (nSPS) is 17.2. The number of furan rings is 1. The Labute approximate surface area is 141 Å². The maximum atomic E-state index is 12.0. The Kier molecular flexibility index (Phi) is 5.05. The zero-order valence-corrected chi connectivity index (χ0v) is 14.0. The summed E-state index contributed by atoms with van der Waals surface area (Å²) >= 11 is 0. The highest BCUT2D eigenvalue weighted by Gasteiger charge is 2.23. The Morgan fingerprint density at radius 1 is 1.25 bits per heavy atom. The molecule has 0 saturated carbocycles. The minimum Gasteiger partial charge on any atom is -0.488 e. The van der Waals surface area contributed by atoms with Gasteiger partial charge in [0, 0.05) is 13.0 Å². The molecule has 0 radical (unpaired) electrons. The first kappa shape index (κ1) is 16.4. The number of urea groups is 1. The third-order valence-corrected chi connectivity index (χ3v) is 4.16. The van der Waals surface area contributed by atoms with Gasteiger partial charge in [-0.15, -0.1) is 0 Å². The fraction of sp³-hybridized carbons (Fsp3) is 0.389. The molecule has 0 unspecified atom stereocenters. The number of hydrogen-bond donors (Lipinski definition) is 2. The zero-order valence-electron chi connectivity index (χ0n) is 14.0. The average Bonchev–Trinajstić information content (AvgIpc) is 3.22. The Balaban J connectivity index is 1.43. The SMILES string of the molecule is CN(C)[C@@H](CNC(=O)NC[C@@H]1Cc2ccccc2O1)c1ccco1. The predicted octanol–water partition coefficient (Wildman–Crippen LogP) is 2.19. The van der Waals surface area contributed by atoms with Crippen molar-refractivity contribution in [1.29, 1.82) is 0 Å². The van der Waals surface area contributed by atoms with Crippen molar-refractivity contribution < 1.29 is 13.9 Å². The molecule has 1 aromatic heterocycles. The lowest BCUT2D eigenvalue weighted by Crippen LogP contribution is -2.43. The number of rotatable bonds is 6. The van der Waals surface area contributed by atoms with E-state index in [1.54, 1.807) is 6.26 Å². The first-order chi connectivity index (χ1) is 11.6. The number of nitrogens with one attached hydrogen (secondary N) is 2. The molecule has 128 valence electrons. The second-order valence-electron chi connectivity index (χ2n) is 6.14. The lowest BCUT2D eigenvalue weighted by atomic mass is 10.1. The van der Waals surface area contributed by atoms with Crippen molar-refractivity contribution in [3.63, 3.8) is 0 Å². The van der Waals surface area contributed by atoms with E-state index < -0.39 is 0 Å². The summed E-state index contributed by atoms with van der Waals surface area (Å²) in [5, 5.41) is 5.77.